The van der Waals surface area contributed by atoms with Crippen molar-refractivity contribution < 1.29 is 8.42 Å². The largest absolute Gasteiger partial charge is 0.363 e. The quantitative estimate of drug-likeness (QED) is 0.810. The van der Waals surface area contributed by atoms with Gasteiger partial charge < -0.3 is 10.3 Å². The Morgan fingerprint density at radius 2 is 2.00 bits per heavy atom. The van der Waals surface area contributed by atoms with E-state index in [0.29, 0.717) is 29.9 Å². The second-order valence-corrected chi connectivity index (χ2v) is 8.50. The zero-order chi connectivity index (χ0) is 14.9. The Morgan fingerprint density at radius 1 is 1.29 bits per heavy atom. The van der Waals surface area contributed by atoms with Gasteiger partial charge in [-0.3, -0.25) is 0 Å². The van der Waals surface area contributed by atoms with Gasteiger partial charge >= 0.3 is 0 Å². The van der Waals surface area contributed by atoms with Gasteiger partial charge in [0.2, 0.25) is 10.0 Å². The Hall–Kier alpha value is -0.850. The van der Waals surface area contributed by atoms with Crippen LogP contribution >= 0.6 is 0 Å². The van der Waals surface area contributed by atoms with E-state index in [0.717, 1.165) is 18.5 Å². The van der Waals surface area contributed by atoms with Crippen molar-refractivity contribution in [3.05, 3.63) is 18.0 Å². The maximum absolute atomic E-state index is 12.6. The summed E-state index contributed by atoms with van der Waals surface area (Å²) in [5.74, 6) is 0.528. The Bertz CT molecular complexity index is 571. The Morgan fingerprint density at radius 3 is 2.67 bits per heavy atom. The molecule has 3 rings (SSSR count). The van der Waals surface area contributed by atoms with E-state index < -0.39 is 10.0 Å². The number of rotatable bonds is 7. The van der Waals surface area contributed by atoms with Gasteiger partial charge in [-0.2, -0.15) is 0 Å². The molecule has 1 aromatic heterocycles. The topological polar surface area (TPSA) is 65.2 Å². The standard InChI is InChI=1S/C15H25N3O2S/c1-18(11-12-4-2-3-5-12)21(19,20)15-8-14(17-10-15)9-16-13-6-7-13/h8,10,12-13,16-17H,2-7,9,11H2,1H3. The van der Waals surface area contributed by atoms with Crippen molar-refractivity contribution in [3.63, 3.8) is 0 Å². The lowest BCUT2D eigenvalue weighted by Crippen LogP contribution is -2.31. The summed E-state index contributed by atoms with van der Waals surface area (Å²) in [5, 5.41) is 3.39. The van der Waals surface area contributed by atoms with E-state index in [1.165, 1.54) is 30.0 Å². The zero-order valence-corrected chi connectivity index (χ0v) is 13.5. The molecular formula is C15H25N3O2S. The minimum absolute atomic E-state index is 0.385. The van der Waals surface area contributed by atoms with E-state index in [9.17, 15) is 8.42 Å². The summed E-state index contributed by atoms with van der Waals surface area (Å²) >= 11 is 0. The molecule has 118 valence electrons. The lowest BCUT2D eigenvalue weighted by atomic mass is 10.1. The molecule has 0 atom stereocenters. The number of aromatic amines is 1. The molecule has 2 saturated carbocycles. The Balaban J connectivity index is 1.62. The number of sulfonamides is 1. The summed E-state index contributed by atoms with van der Waals surface area (Å²) in [6.07, 6.45) is 8.86. The molecule has 0 spiro atoms. The number of nitrogens with one attached hydrogen (secondary N) is 2. The predicted octanol–water partition coefficient (Wildman–Crippen LogP) is 2.08. The van der Waals surface area contributed by atoms with Crippen molar-refractivity contribution in [1.29, 1.82) is 0 Å². The van der Waals surface area contributed by atoms with E-state index in [2.05, 4.69) is 10.3 Å². The number of hydrogen-bond acceptors (Lipinski definition) is 3. The normalized spacial score (nSPS) is 20.5. The average molecular weight is 311 g/mol. The van der Waals surface area contributed by atoms with Crippen LogP contribution in [0, 0.1) is 5.92 Å². The van der Waals surface area contributed by atoms with Gasteiger partial charge in [-0.1, -0.05) is 12.8 Å². The van der Waals surface area contributed by atoms with E-state index >= 15 is 0 Å². The molecule has 2 aliphatic rings. The third-order valence-electron chi connectivity index (χ3n) is 4.57. The first-order valence-corrected chi connectivity index (χ1v) is 9.37. The first kappa shape index (κ1) is 15.1. The van der Waals surface area contributed by atoms with E-state index in [1.807, 2.05) is 0 Å². The van der Waals surface area contributed by atoms with Gasteiger partial charge in [0, 0.05) is 38.1 Å². The molecule has 2 fully saturated rings. The number of aromatic nitrogens is 1. The number of hydrogen-bond donors (Lipinski definition) is 2. The van der Waals surface area contributed by atoms with Crippen LogP contribution in [0.5, 0.6) is 0 Å². The van der Waals surface area contributed by atoms with Crippen LogP contribution in [-0.2, 0) is 16.6 Å². The van der Waals surface area contributed by atoms with Gasteiger partial charge in [-0.15, -0.1) is 0 Å². The molecule has 0 saturated heterocycles. The molecular weight excluding hydrogens is 286 g/mol. The second kappa shape index (κ2) is 6.10. The molecule has 6 heteroatoms. The molecule has 5 nitrogen and oxygen atoms in total. The third kappa shape index (κ3) is 3.67. The van der Waals surface area contributed by atoms with Gasteiger partial charge in [0.15, 0.2) is 0 Å². The maximum Gasteiger partial charge on any atom is 0.244 e. The van der Waals surface area contributed by atoms with Crippen LogP contribution in [0.1, 0.15) is 44.2 Å². The molecule has 2 N–H and O–H groups in total. The first-order valence-electron chi connectivity index (χ1n) is 7.93. The number of nitrogens with zero attached hydrogens (tertiary/aromatic N) is 1. The van der Waals surface area contributed by atoms with Crippen LogP contribution < -0.4 is 5.32 Å². The lowest BCUT2D eigenvalue weighted by Gasteiger charge is -2.20. The monoisotopic (exact) mass is 311 g/mol. The first-order chi connectivity index (χ1) is 10.1. The van der Waals surface area contributed by atoms with Gasteiger partial charge in [0.1, 0.15) is 0 Å². The van der Waals surface area contributed by atoms with E-state index in [4.69, 9.17) is 0 Å². The SMILES string of the molecule is CN(CC1CCCC1)S(=O)(=O)c1c[nH]c(CNC2CC2)c1. The second-order valence-electron chi connectivity index (χ2n) is 6.45. The maximum atomic E-state index is 12.6. The molecule has 1 heterocycles. The van der Waals surface area contributed by atoms with Crippen LogP contribution in [-0.4, -0.2) is 37.3 Å². The predicted molar refractivity (Wildman–Crippen MR) is 82.4 cm³/mol. The Labute approximate surface area is 127 Å². The van der Waals surface area contributed by atoms with Crippen molar-refractivity contribution in [2.75, 3.05) is 13.6 Å². The molecule has 0 bridgehead atoms. The molecule has 0 aliphatic heterocycles. The van der Waals surface area contributed by atoms with Crippen molar-refractivity contribution >= 4 is 10.0 Å². The van der Waals surface area contributed by atoms with Crippen molar-refractivity contribution in [2.24, 2.45) is 5.92 Å². The third-order valence-corrected chi connectivity index (χ3v) is 6.37. The molecule has 2 aliphatic carbocycles. The van der Waals surface area contributed by atoms with Crippen LogP contribution in [0.3, 0.4) is 0 Å². The van der Waals surface area contributed by atoms with Crippen LogP contribution in [0.4, 0.5) is 0 Å². The van der Waals surface area contributed by atoms with Gasteiger partial charge in [-0.25, -0.2) is 12.7 Å². The smallest absolute Gasteiger partial charge is 0.244 e. The van der Waals surface area contributed by atoms with Crippen LogP contribution in [0.15, 0.2) is 17.2 Å². The fourth-order valence-electron chi connectivity index (χ4n) is 3.05. The van der Waals surface area contributed by atoms with E-state index in [1.54, 1.807) is 19.3 Å². The molecule has 0 unspecified atom stereocenters. The van der Waals surface area contributed by atoms with Crippen molar-refractivity contribution in [2.45, 2.75) is 56.0 Å². The van der Waals surface area contributed by atoms with Crippen LogP contribution in [0.2, 0.25) is 0 Å². The zero-order valence-electron chi connectivity index (χ0n) is 12.6. The highest BCUT2D eigenvalue weighted by atomic mass is 32.2. The lowest BCUT2D eigenvalue weighted by molar-refractivity contribution is 0.387. The fraction of sp³-hybridized carbons (Fsp3) is 0.733. The Kier molecular flexibility index (Phi) is 4.38. The van der Waals surface area contributed by atoms with Crippen molar-refractivity contribution in [3.8, 4) is 0 Å². The highest BCUT2D eigenvalue weighted by molar-refractivity contribution is 7.89. The highest BCUT2D eigenvalue weighted by Gasteiger charge is 2.26. The highest BCUT2D eigenvalue weighted by Crippen LogP contribution is 2.27. The minimum atomic E-state index is -3.35. The number of H-pyrrole nitrogens is 1. The van der Waals surface area contributed by atoms with Gasteiger partial charge in [0.05, 0.1) is 4.90 Å². The molecule has 0 amide bonds. The summed E-state index contributed by atoms with van der Waals surface area (Å²) < 4.78 is 26.7. The summed E-state index contributed by atoms with van der Waals surface area (Å²) in [6, 6.07) is 2.38. The molecule has 0 radical (unpaired) electrons. The van der Waals surface area contributed by atoms with Gasteiger partial charge in [0.25, 0.3) is 0 Å². The summed E-state index contributed by atoms with van der Waals surface area (Å²) in [6.45, 7) is 1.36. The van der Waals surface area contributed by atoms with Crippen LogP contribution in [0.25, 0.3) is 0 Å². The molecule has 0 aromatic carbocycles. The summed E-state index contributed by atoms with van der Waals surface area (Å²) in [5.41, 5.74) is 0.940. The average Bonchev–Trinajstić information content (AvgIpc) is 2.93. The fourth-order valence-corrected chi connectivity index (χ4v) is 4.31. The molecule has 1 aromatic rings. The van der Waals surface area contributed by atoms with E-state index in [-0.39, 0.29) is 0 Å². The summed E-state index contributed by atoms with van der Waals surface area (Å²) in [4.78, 5) is 3.46. The van der Waals surface area contributed by atoms with Crippen molar-refractivity contribution in [1.82, 2.24) is 14.6 Å². The minimum Gasteiger partial charge on any atom is -0.363 e. The summed E-state index contributed by atoms with van der Waals surface area (Å²) in [7, 11) is -1.66. The van der Waals surface area contributed by atoms with Gasteiger partial charge in [-0.05, 0) is 37.7 Å². The molecule has 21 heavy (non-hydrogen) atoms.